The SMILES string of the molecule is O=C1OC(=O)c2cc(Oc3c(Cl)cccc3Cl)ccc21.Oc1c(Cl)cccc1Cl. The number of carbonyl (C=O) groups is 2. The number of rotatable bonds is 2. The molecule has 4 rings (SSSR count). The zero-order valence-electron chi connectivity index (χ0n) is 14.3. The summed E-state index contributed by atoms with van der Waals surface area (Å²) in [4.78, 5) is 22.8. The zero-order chi connectivity index (χ0) is 21.1. The van der Waals surface area contributed by atoms with Gasteiger partial charge in [0.1, 0.15) is 5.75 Å². The Balaban J connectivity index is 0.000000224. The van der Waals surface area contributed by atoms with Crippen LogP contribution in [-0.4, -0.2) is 17.0 Å². The molecule has 29 heavy (non-hydrogen) atoms. The summed E-state index contributed by atoms with van der Waals surface area (Å²) in [5, 5.41) is 10.2. The van der Waals surface area contributed by atoms with Crippen LogP contribution in [0.1, 0.15) is 20.7 Å². The van der Waals surface area contributed by atoms with Gasteiger partial charge in [-0.15, -0.1) is 0 Å². The first-order chi connectivity index (χ1) is 13.8. The van der Waals surface area contributed by atoms with Crippen molar-refractivity contribution in [1.82, 2.24) is 0 Å². The maximum atomic E-state index is 11.5. The molecule has 0 fully saturated rings. The summed E-state index contributed by atoms with van der Waals surface area (Å²) >= 11 is 22.9. The zero-order valence-corrected chi connectivity index (χ0v) is 17.3. The van der Waals surface area contributed by atoms with E-state index in [1.165, 1.54) is 12.1 Å². The first-order valence-corrected chi connectivity index (χ1v) is 9.44. The summed E-state index contributed by atoms with van der Waals surface area (Å²) in [5.74, 6) is -0.785. The molecular formula is C20H10Cl4O5. The Morgan fingerprint density at radius 3 is 1.79 bits per heavy atom. The number of phenols is 1. The first kappa shape index (κ1) is 21.3. The van der Waals surface area contributed by atoms with Crippen molar-refractivity contribution >= 4 is 58.3 Å². The summed E-state index contributed by atoms with van der Waals surface area (Å²) in [6.07, 6.45) is 0. The number of benzene rings is 3. The molecule has 3 aromatic carbocycles. The van der Waals surface area contributed by atoms with E-state index in [2.05, 4.69) is 4.74 Å². The number of cyclic esters (lactones) is 2. The van der Waals surface area contributed by atoms with Crippen LogP contribution in [0.2, 0.25) is 20.1 Å². The van der Waals surface area contributed by atoms with E-state index in [1.54, 1.807) is 42.5 Å². The fourth-order valence-corrected chi connectivity index (χ4v) is 3.19. The van der Waals surface area contributed by atoms with E-state index in [0.29, 0.717) is 15.8 Å². The Hall–Kier alpha value is -2.44. The van der Waals surface area contributed by atoms with Crippen LogP contribution < -0.4 is 4.74 Å². The fourth-order valence-electron chi connectivity index (χ4n) is 2.31. The molecule has 3 aromatic rings. The second-order valence-corrected chi connectivity index (χ2v) is 7.24. The lowest BCUT2D eigenvalue weighted by molar-refractivity contribution is 0.0443. The predicted molar refractivity (Wildman–Crippen MR) is 111 cm³/mol. The summed E-state index contributed by atoms with van der Waals surface area (Å²) in [5.41, 5.74) is 0.378. The van der Waals surface area contributed by atoms with E-state index in [4.69, 9.17) is 56.2 Å². The Bertz CT molecular complexity index is 1070. The third-order valence-electron chi connectivity index (χ3n) is 3.69. The standard InChI is InChI=1S/C14H6Cl2O4.C6H4Cl2O/c15-10-2-1-3-11(16)12(10)19-7-4-5-8-9(6-7)14(18)20-13(8)17;7-4-2-1-3-5(8)6(4)9/h1-6H;1-3,9H. The molecule has 0 bridgehead atoms. The molecule has 0 spiro atoms. The first-order valence-electron chi connectivity index (χ1n) is 7.93. The van der Waals surface area contributed by atoms with Gasteiger partial charge in [0.05, 0.1) is 31.2 Å². The number of halogens is 4. The third kappa shape index (κ3) is 4.77. The van der Waals surface area contributed by atoms with Gasteiger partial charge < -0.3 is 14.6 Å². The molecule has 0 atom stereocenters. The van der Waals surface area contributed by atoms with Crippen molar-refractivity contribution in [2.24, 2.45) is 0 Å². The highest BCUT2D eigenvalue weighted by Crippen LogP contribution is 2.37. The summed E-state index contributed by atoms with van der Waals surface area (Å²) in [6, 6.07) is 14.2. The quantitative estimate of drug-likeness (QED) is 0.328. The molecule has 0 saturated heterocycles. The van der Waals surface area contributed by atoms with Gasteiger partial charge in [-0.1, -0.05) is 58.5 Å². The number of ether oxygens (including phenoxy) is 2. The van der Waals surface area contributed by atoms with Gasteiger partial charge in [0.25, 0.3) is 0 Å². The molecule has 9 heteroatoms. The van der Waals surface area contributed by atoms with E-state index in [-0.39, 0.29) is 32.7 Å². The molecule has 0 saturated carbocycles. The van der Waals surface area contributed by atoms with Gasteiger partial charge >= 0.3 is 11.9 Å². The van der Waals surface area contributed by atoms with Crippen molar-refractivity contribution < 1.29 is 24.2 Å². The number of carbonyl (C=O) groups excluding carboxylic acids is 2. The van der Waals surface area contributed by atoms with Crippen LogP contribution in [0.25, 0.3) is 0 Å². The Morgan fingerprint density at radius 1 is 0.724 bits per heavy atom. The number of fused-ring (bicyclic) bond motifs is 1. The van der Waals surface area contributed by atoms with Crippen LogP contribution >= 0.6 is 46.4 Å². The normalized spacial score (nSPS) is 12.0. The van der Waals surface area contributed by atoms with Crippen molar-refractivity contribution in [2.75, 3.05) is 0 Å². The summed E-state index contributed by atoms with van der Waals surface area (Å²) in [7, 11) is 0. The largest absolute Gasteiger partial charge is 0.505 e. The Morgan fingerprint density at radius 2 is 1.24 bits per heavy atom. The Kier molecular flexibility index (Phi) is 6.55. The lowest BCUT2D eigenvalue weighted by atomic mass is 10.1. The minimum Gasteiger partial charge on any atom is -0.505 e. The monoisotopic (exact) mass is 470 g/mol. The predicted octanol–water partition coefficient (Wildman–Crippen LogP) is 6.80. The van der Waals surface area contributed by atoms with Gasteiger partial charge in [-0.05, 0) is 42.5 Å². The molecule has 0 aromatic heterocycles. The van der Waals surface area contributed by atoms with E-state index >= 15 is 0 Å². The van der Waals surface area contributed by atoms with Gasteiger partial charge in [0.15, 0.2) is 11.5 Å². The topological polar surface area (TPSA) is 72.8 Å². The lowest BCUT2D eigenvalue weighted by Gasteiger charge is -2.09. The van der Waals surface area contributed by atoms with Crippen LogP contribution in [0.15, 0.2) is 54.6 Å². The highest BCUT2D eigenvalue weighted by Gasteiger charge is 2.30. The smallest absolute Gasteiger partial charge is 0.347 e. The van der Waals surface area contributed by atoms with Crippen molar-refractivity contribution in [3.8, 4) is 17.2 Å². The van der Waals surface area contributed by atoms with E-state index in [0.717, 1.165) is 0 Å². The van der Waals surface area contributed by atoms with Crippen LogP contribution in [0.5, 0.6) is 17.2 Å². The molecule has 1 heterocycles. The van der Waals surface area contributed by atoms with Crippen molar-refractivity contribution in [1.29, 1.82) is 0 Å². The van der Waals surface area contributed by atoms with Gasteiger partial charge in [0.2, 0.25) is 0 Å². The van der Waals surface area contributed by atoms with Gasteiger partial charge in [-0.2, -0.15) is 0 Å². The maximum Gasteiger partial charge on any atom is 0.347 e. The molecule has 0 radical (unpaired) electrons. The molecule has 5 nitrogen and oxygen atoms in total. The number of phenolic OH excluding ortho intramolecular Hbond substituents is 1. The molecule has 1 aliphatic rings. The van der Waals surface area contributed by atoms with Crippen LogP contribution in [0, 0.1) is 0 Å². The lowest BCUT2D eigenvalue weighted by Crippen LogP contribution is -1.96. The number of hydrogen-bond donors (Lipinski definition) is 1. The number of aromatic hydroxyl groups is 1. The number of esters is 2. The van der Waals surface area contributed by atoms with E-state index in [9.17, 15) is 9.59 Å². The Labute approximate surface area is 185 Å². The summed E-state index contributed by atoms with van der Waals surface area (Å²) < 4.78 is 10.1. The number of hydrogen-bond acceptors (Lipinski definition) is 5. The molecule has 148 valence electrons. The average molecular weight is 472 g/mol. The molecule has 1 aliphatic heterocycles. The second kappa shape index (κ2) is 8.93. The molecular weight excluding hydrogens is 462 g/mol. The maximum absolute atomic E-state index is 11.5. The van der Waals surface area contributed by atoms with Gasteiger partial charge in [-0.25, -0.2) is 9.59 Å². The van der Waals surface area contributed by atoms with Crippen molar-refractivity contribution in [3.63, 3.8) is 0 Å². The van der Waals surface area contributed by atoms with E-state index in [1.807, 2.05) is 0 Å². The summed E-state index contributed by atoms with van der Waals surface area (Å²) in [6.45, 7) is 0. The number of para-hydroxylation sites is 2. The molecule has 0 unspecified atom stereocenters. The second-order valence-electron chi connectivity index (χ2n) is 5.61. The van der Waals surface area contributed by atoms with Gasteiger partial charge in [-0.3, -0.25) is 0 Å². The van der Waals surface area contributed by atoms with E-state index < -0.39 is 11.9 Å². The van der Waals surface area contributed by atoms with Crippen LogP contribution in [0.4, 0.5) is 0 Å². The van der Waals surface area contributed by atoms with Crippen LogP contribution in [0.3, 0.4) is 0 Å². The average Bonchev–Trinajstić information content (AvgIpc) is 2.97. The fraction of sp³-hybridized carbons (Fsp3) is 0. The molecule has 0 aliphatic carbocycles. The minimum absolute atomic E-state index is 0.0548. The highest BCUT2D eigenvalue weighted by molar-refractivity contribution is 6.37. The van der Waals surface area contributed by atoms with Crippen LogP contribution in [-0.2, 0) is 4.74 Å². The van der Waals surface area contributed by atoms with Gasteiger partial charge in [0, 0.05) is 0 Å². The highest BCUT2D eigenvalue weighted by atomic mass is 35.5. The molecule has 1 N–H and O–H groups in total. The van der Waals surface area contributed by atoms with Crippen molar-refractivity contribution in [2.45, 2.75) is 0 Å². The van der Waals surface area contributed by atoms with Crippen molar-refractivity contribution in [3.05, 3.63) is 85.8 Å². The minimum atomic E-state index is -0.694. The molecule has 0 amide bonds. The third-order valence-corrected chi connectivity index (χ3v) is 4.90.